The fourth-order valence-electron chi connectivity index (χ4n) is 1.55. The fourth-order valence-corrected chi connectivity index (χ4v) is 2.03. The molecule has 0 saturated carbocycles. The molecule has 0 amide bonds. The van der Waals surface area contributed by atoms with E-state index in [0.29, 0.717) is 22.0 Å². The van der Waals surface area contributed by atoms with Gasteiger partial charge in [0.15, 0.2) is 0 Å². The van der Waals surface area contributed by atoms with Crippen LogP contribution in [0, 0.1) is 0 Å². The Balaban J connectivity index is 2.04. The number of aryl methyl sites for hydroxylation is 1. The molecule has 94 valence electrons. The first-order valence-electron chi connectivity index (χ1n) is 5.68. The number of anilines is 1. The second-order valence-corrected chi connectivity index (χ2v) is 5.00. The summed E-state index contributed by atoms with van der Waals surface area (Å²) in [5.74, 6) is 0.703. The molecule has 1 aromatic heterocycles. The molecule has 1 aromatic carbocycles. The number of aromatic nitrogens is 2. The molecule has 0 aliphatic carbocycles. The van der Waals surface area contributed by atoms with Crippen LogP contribution in [0.15, 0.2) is 35.1 Å². The standard InChI is InChI=1S/C13H13BrClN3/c1-2-9-3-5-10(6-4-9)7-16-13-11(14)12(15)17-8-18-13/h3-6,8H,2,7H2,1H3,(H,16,17,18). The van der Waals surface area contributed by atoms with Gasteiger partial charge >= 0.3 is 0 Å². The molecular formula is C13H13BrClN3. The Kier molecular flexibility index (Phi) is 4.55. The van der Waals surface area contributed by atoms with Crippen LogP contribution in [0.1, 0.15) is 18.1 Å². The number of benzene rings is 1. The molecule has 5 heteroatoms. The summed E-state index contributed by atoms with van der Waals surface area (Å²) in [4.78, 5) is 8.02. The molecule has 0 aliphatic heterocycles. The van der Waals surface area contributed by atoms with Crippen LogP contribution >= 0.6 is 27.5 Å². The third-order valence-corrected chi connectivity index (χ3v) is 3.90. The normalized spacial score (nSPS) is 10.4. The van der Waals surface area contributed by atoms with Gasteiger partial charge in [0.1, 0.15) is 17.3 Å². The summed E-state index contributed by atoms with van der Waals surface area (Å²) in [6, 6.07) is 8.50. The van der Waals surface area contributed by atoms with E-state index in [4.69, 9.17) is 11.6 Å². The molecule has 3 nitrogen and oxygen atoms in total. The quantitative estimate of drug-likeness (QED) is 0.861. The highest BCUT2D eigenvalue weighted by molar-refractivity contribution is 9.10. The second kappa shape index (κ2) is 6.16. The monoisotopic (exact) mass is 325 g/mol. The number of hydrogen-bond donors (Lipinski definition) is 1. The second-order valence-electron chi connectivity index (χ2n) is 3.85. The zero-order valence-electron chi connectivity index (χ0n) is 9.95. The molecule has 0 fully saturated rings. The summed E-state index contributed by atoms with van der Waals surface area (Å²) in [6.45, 7) is 2.85. The molecule has 0 spiro atoms. The summed E-state index contributed by atoms with van der Waals surface area (Å²) in [7, 11) is 0. The van der Waals surface area contributed by atoms with E-state index in [1.54, 1.807) is 0 Å². The highest BCUT2D eigenvalue weighted by Gasteiger charge is 2.05. The number of rotatable bonds is 4. The van der Waals surface area contributed by atoms with Crippen molar-refractivity contribution in [1.82, 2.24) is 9.97 Å². The van der Waals surface area contributed by atoms with Crippen molar-refractivity contribution in [3.8, 4) is 0 Å². The zero-order valence-corrected chi connectivity index (χ0v) is 12.3. The highest BCUT2D eigenvalue weighted by Crippen LogP contribution is 2.26. The minimum atomic E-state index is 0.411. The summed E-state index contributed by atoms with van der Waals surface area (Å²) in [6.07, 6.45) is 2.50. The summed E-state index contributed by atoms with van der Waals surface area (Å²) in [5.41, 5.74) is 2.54. The number of nitrogens with zero attached hydrogens (tertiary/aromatic N) is 2. The van der Waals surface area contributed by atoms with Gasteiger partial charge in [-0.15, -0.1) is 0 Å². The Labute approximate surface area is 120 Å². The number of nitrogens with one attached hydrogen (secondary N) is 1. The fraction of sp³-hybridized carbons (Fsp3) is 0.231. The lowest BCUT2D eigenvalue weighted by molar-refractivity contribution is 1.06. The summed E-state index contributed by atoms with van der Waals surface area (Å²) < 4.78 is 0.692. The van der Waals surface area contributed by atoms with E-state index in [0.717, 1.165) is 6.42 Å². The molecule has 0 bridgehead atoms. The maximum atomic E-state index is 5.90. The van der Waals surface area contributed by atoms with Gasteiger partial charge in [-0.25, -0.2) is 9.97 Å². The van der Waals surface area contributed by atoms with Crippen molar-refractivity contribution >= 4 is 33.3 Å². The van der Waals surface area contributed by atoms with Gasteiger partial charge in [-0.05, 0) is 33.5 Å². The van der Waals surface area contributed by atoms with Crippen LogP contribution < -0.4 is 5.32 Å². The van der Waals surface area contributed by atoms with Crippen molar-refractivity contribution < 1.29 is 0 Å². The molecule has 0 unspecified atom stereocenters. The van der Waals surface area contributed by atoms with E-state index in [-0.39, 0.29) is 0 Å². The van der Waals surface area contributed by atoms with Crippen LogP contribution in [-0.4, -0.2) is 9.97 Å². The zero-order chi connectivity index (χ0) is 13.0. The number of halogens is 2. The van der Waals surface area contributed by atoms with Crippen molar-refractivity contribution in [3.63, 3.8) is 0 Å². The lowest BCUT2D eigenvalue weighted by atomic mass is 10.1. The van der Waals surface area contributed by atoms with E-state index in [2.05, 4.69) is 62.4 Å². The van der Waals surface area contributed by atoms with Gasteiger partial charge in [0.2, 0.25) is 0 Å². The predicted octanol–water partition coefficient (Wildman–Crippen LogP) is 4.07. The molecule has 2 aromatic rings. The Hall–Kier alpha value is -1.13. The molecule has 18 heavy (non-hydrogen) atoms. The topological polar surface area (TPSA) is 37.8 Å². The average Bonchev–Trinajstić information content (AvgIpc) is 2.41. The molecule has 2 rings (SSSR count). The van der Waals surface area contributed by atoms with Gasteiger partial charge in [0, 0.05) is 6.54 Å². The smallest absolute Gasteiger partial charge is 0.148 e. The summed E-state index contributed by atoms with van der Waals surface area (Å²) >= 11 is 9.25. The number of hydrogen-bond acceptors (Lipinski definition) is 3. The van der Waals surface area contributed by atoms with Crippen LogP contribution in [0.4, 0.5) is 5.82 Å². The summed E-state index contributed by atoms with van der Waals surface area (Å²) in [5, 5.41) is 3.64. The minimum absolute atomic E-state index is 0.411. The van der Waals surface area contributed by atoms with E-state index in [9.17, 15) is 0 Å². The first kappa shape index (κ1) is 13.3. The molecule has 0 atom stereocenters. The van der Waals surface area contributed by atoms with E-state index in [1.807, 2.05) is 0 Å². The first-order chi connectivity index (χ1) is 8.70. The molecule has 1 heterocycles. The lowest BCUT2D eigenvalue weighted by Crippen LogP contribution is -2.02. The SMILES string of the molecule is CCc1ccc(CNc2ncnc(Cl)c2Br)cc1. The third kappa shape index (κ3) is 3.21. The van der Waals surface area contributed by atoms with Gasteiger partial charge in [-0.3, -0.25) is 0 Å². The average molecular weight is 327 g/mol. The Morgan fingerprint density at radius 2 is 1.83 bits per heavy atom. The van der Waals surface area contributed by atoms with E-state index < -0.39 is 0 Å². The van der Waals surface area contributed by atoms with Crippen molar-refractivity contribution in [2.24, 2.45) is 0 Å². The highest BCUT2D eigenvalue weighted by atomic mass is 79.9. The lowest BCUT2D eigenvalue weighted by Gasteiger charge is -2.08. The van der Waals surface area contributed by atoms with Gasteiger partial charge in [0.05, 0.1) is 4.47 Å². The van der Waals surface area contributed by atoms with Gasteiger partial charge in [-0.2, -0.15) is 0 Å². The molecule has 1 N–H and O–H groups in total. The van der Waals surface area contributed by atoms with Crippen molar-refractivity contribution in [2.75, 3.05) is 5.32 Å². The Morgan fingerprint density at radius 3 is 2.50 bits per heavy atom. The van der Waals surface area contributed by atoms with E-state index >= 15 is 0 Å². The third-order valence-electron chi connectivity index (χ3n) is 2.64. The molecular weight excluding hydrogens is 314 g/mol. The van der Waals surface area contributed by atoms with Crippen LogP contribution in [0.5, 0.6) is 0 Å². The maximum absolute atomic E-state index is 5.90. The largest absolute Gasteiger partial charge is 0.365 e. The van der Waals surface area contributed by atoms with Crippen molar-refractivity contribution in [1.29, 1.82) is 0 Å². The van der Waals surface area contributed by atoms with Crippen LogP contribution in [-0.2, 0) is 13.0 Å². The first-order valence-corrected chi connectivity index (χ1v) is 6.85. The van der Waals surface area contributed by atoms with Crippen molar-refractivity contribution in [3.05, 3.63) is 51.3 Å². The van der Waals surface area contributed by atoms with Gasteiger partial charge < -0.3 is 5.32 Å². The molecule has 0 radical (unpaired) electrons. The predicted molar refractivity (Wildman–Crippen MR) is 77.9 cm³/mol. The van der Waals surface area contributed by atoms with Crippen molar-refractivity contribution in [2.45, 2.75) is 19.9 Å². The van der Waals surface area contributed by atoms with E-state index in [1.165, 1.54) is 17.5 Å². The van der Waals surface area contributed by atoms with Crippen LogP contribution in [0.2, 0.25) is 5.15 Å². The maximum Gasteiger partial charge on any atom is 0.148 e. The van der Waals surface area contributed by atoms with Gasteiger partial charge in [0.25, 0.3) is 0 Å². The van der Waals surface area contributed by atoms with Crippen LogP contribution in [0.3, 0.4) is 0 Å². The molecule has 0 aliphatic rings. The molecule has 0 saturated heterocycles. The Bertz CT molecular complexity index is 528. The minimum Gasteiger partial charge on any atom is -0.365 e. The Morgan fingerprint density at radius 1 is 1.17 bits per heavy atom. The van der Waals surface area contributed by atoms with Gasteiger partial charge in [-0.1, -0.05) is 42.8 Å². The van der Waals surface area contributed by atoms with Crippen LogP contribution in [0.25, 0.3) is 0 Å².